The summed E-state index contributed by atoms with van der Waals surface area (Å²) < 4.78 is 6.68. The van der Waals surface area contributed by atoms with Gasteiger partial charge in [0.2, 0.25) is 17.8 Å². The van der Waals surface area contributed by atoms with Gasteiger partial charge >= 0.3 is 0 Å². The number of carbonyl (C=O) groups excluding carboxylic acids is 1. The molecule has 1 fully saturated rings. The average Bonchev–Trinajstić information content (AvgIpc) is 2.80. The van der Waals surface area contributed by atoms with Crippen molar-refractivity contribution in [3.05, 3.63) is 46.8 Å². The molecule has 0 aliphatic carbocycles. The maximum Gasteiger partial charge on any atom is 0.261 e. The Morgan fingerprint density at radius 1 is 1.16 bits per heavy atom. The second-order valence-corrected chi connectivity index (χ2v) is 7.32. The summed E-state index contributed by atoms with van der Waals surface area (Å²) in [5.41, 5.74) is 0.339. The normalized spacial score (nSPS) is 13.9. The lowest BCUT2D eigenvalue weighted by molar-refractivity contribution is -0.121. The molecule has 0 unspecified atom stereocenters. The smallest absolute Gasteiger partial charge is 0.261 e. The summed E-state index contributed by atoms with van der Waals surface area (Å²) in [6, 6.07) is 7.04. The molecule has 1 saturated heterocycles. The van der Waals surface area contributed by atoms with E-state index in [1.165, 1.54) is 10.9 Å². The summed E-state index contributed by atoms with van der Waals surface area (Å²) in [6.45, 7) is 2.60. The number of benzene rings is 1. The molecule has 0 spiro atoms. The van der Waals surface area contributed by atoms with Gasteiger partial charge in [0.1, 0.15) is 6.54 Å². The summed E-state index contributed by atoms with van der Waals surface area (Å²) >= 11 is 0. The molecule has 3 heterocycles. The SMILES string of the molecule is CN(C)c1nc(CNC(=O)Cn2cnc3ccccc3c2=O)nc(N2CCOCC2)n1. The van der Waals surface area contributed by atoms with Crippen LogP contribution in [0.1, 0.15) is 5.82 Å². The highest BCUT2D eigenvalue weighted by atomic mass is 16.5. The van der Waals surface area contributed by atoms with Crippen molar-refractivity contribution < 1.29 is 9.53 Å². The molecule has 0 bridgehead atoms. The zero-order chi connectivity index (χ0) is 21.8. The van der Waals surface area contributed by atoms with E-state index in [9.17, 15) is 9.59 Å². The second-order valence-electron chi connectivity index (χ2n) is 7.32. The Bertz CT molecular complexity index is 1140. The Hall–Kier alpha value is -3.60. The summed E-state index contributed by atoms with van der Waals surface area (Å²) in [7, 11) is 3.69. The molecule has 0 atom stereocenters. The maximum atomic E-state index is 12.6. The van der Waals surface area contributed by atoms with Crippen LogP contribution in [0.3, 0.4) is 0 Å². The Kier molecular flexibility index (Phi) is 6.03. The van der Waals surface area contributed by atoms with Gasteiger partial charge in [-0.25, -0.2) is 4.98 Å². The molecule has 1 aliphatic heterocycles. The van der Waals surface area contributed by atoms with Crippen LogP contribution in [0.15, 0.2) is 35.4 Å². The van der Waals surface area contributed by atoms with Crippen molar-refractivity contribution in [2.75, 3.05) is 50.2 Å². The first-order chi connectivity index (χ1) is 15.0. The third-order valence-electron chi connectivity index (χ3n) is 4.84. The van der Waals surface area contributed by atoms with Gasteiger partial charge in [-0.3, -0.25) is 14.2 Å². The van der Waals surface area contributed by atoms with Crippen LogP contribution >= 0.6 is 0 Å². The van der Waals surface area contributed by atoms with Gasteiger partial charge in [0.05, 0.1) is 37.0 Å². The van der Waals surface area contributed by atoms with Gasteiger partial charge in [0.25, 0.3) is 5.56 Å². The summed E-state index contributed by atoms with van der Waals surface area (Å²) in [4.78, 5) is 46.5. The molecule has 4 rings (SSSR count). The van der Waals surface area contributed by atoms with E-state index in [0.717, 1.165) is 0 Å². The lowest BCUT2D eigenvalue weighted by Gasteiger charge is -2.27. The first-order valence-corrected chi connectivity index (χ1v) is 9.97. The number of rotatable bonds is 6. The number of nitrogens with zero attached hydrogens (tertiary/aromatic N) is 7. The fraction of sp³-hybridized carbons (Fsp3) is 0.400. The Morgan fingerprint density at radius 3 is 2.71 bits per heavy atom. The number of carbonyl (C=O) groups is 1. The van der Waals surface area contributed by atoms with Gasteiger partial charge in [-0.05, 0) is 12.1 Å². The fourth-order valence-electron chi connectivity index (χ4n) is 3.19. The fourth-order valence-corrected chi connectivity index (χ4v) is 3.19. The van der Waals surface area contributed by atoms with Gasteiger partial charge in [0.15, 0.2) is 5.82 Å². The number of para-hydroxylation sites is 1. The minimum absolute atomic E-state index is 0.120. The molecule has 11 heteroatoms. The van der Waals surface area contributed by atoms with Gasteiger partial charge in [-0.15, -0.1) is 0 Å². The Morgan fingerprint density at radius 2 is 1.94 bits per heavy atom. The molecule has 1 N–H and O–H groups in total. The number of ether oxygens (including phenoxy) is 1. The second kappa shape index (κ2) is 9.04. The summed E-state index contributed by atoms with van der Waals surface area (Å²) in [5.74, 6) is 1.17. The van der Waals surface area contributed by atoms with E-state index < -0.39 is 0 Å². The van der Waals surface area contributed by atoms with Crippen molar-refractivity contribution in [1.29, 1.82) is 0 Å². The first-order valence-electron chi connectivity index (χ1n) is 9.97. The third kappa shape index (κ3) is 4.77. The molecule has 2 aromatic heterocycles. The van der Waals surface area contributed by atoms with Crippen molar-refractivity contribution in [1.82, 2.24) is 29.8 Å². The van der Waals surface area contributed by atoms with Crippen LogP contribution in [0, 0.1) is 0 Å². The molecule has 1 aliphatic rings. The number of hydrogen-bond acceptors (Lipinski definition) is 9. The first kappa shape index (κ1) is 20.7. The average molecular weight is 424 g/mol. The standard InChI is InChI=1S/C20H24N8O3/c1-26(2)19-23-16(24-20(25-19)27-7-9-31-10-8-27)11-21-17(29)12-28-13-22-15-6-4-3-5-14(15)18(28)30/h3-6,13H,7-12H2,1-2H3,(H,21,29). The van der Waals surface area contributed by atoms with Crippen LogP contribution in [0.5, 0.6) is 0 Å². The quantitative estimate of drug-likeness (QED) is 0.574. The number of anilines is 2. The molecular formula is C20H24N8O3. The molecule has 0 saturated carbocycles. The number of amides is 1. The third-order valence-corrected chi connectivity index (χ3v) is 4.84. The topological polar surface area (TPSA) is 118 Å². The molecule has 0 radical (unpaired) electrons. The molecule has 1 amide bonds. The molecule has 162 valence electrons. The highest BCUT2D eigenvalue weighted by molar-refractivity contribution is 5.78. The van der Waals surface area contributed by atoms with Crippen molar-refractivity contribution in [3.8, 4) is 0 Å². The predicted octanol–water partition coefficient (Wildman–Crippen LogP) is -0.199. The molecular weight excluding hydrogens is 400 g/mol. The van der Waals surface area contributed by atoms with Gasteiger partial charge in [-0.1, -0.05) is 12.1 Å². The number of hydrogen-bond donors (Lipinski definition) is 1. The van der Waals surface area contributed by atoms with Crippen molar-refractivity contribution in [3.63, 3.8) is 0 Å². The minimum Gasteiger partial charge on any atom is -0.378 e. The van der Waals surface area contributed by atoms with Crippen molar-refractivity contribution in [2.45, 2.75) is 13.1 Å². The van der Waals surface area contributed by atoms with E-state index in [4.69, 9.17) is 4.74 Å². The van der Waals surface area contributed by atoms with E-state index in [0.29, 0.717) is 54.9 Å². The molecule has 31 heavy (non-hydrogen) atoms. The number of morpholine rings is 1. The van der Waals surface area contributed by atoms with E-state index in [-0.39, 0.29) is 24.6 Å². The van der Waals surface area contributed by atoms with Crippen LogP contribution in [-0.2, 0) is 22.6 Å². The van der Waals surface area contributed by atoms with E-state index in [2.05, 4.69) is 25.3 Å². The van der Waals surface area contributed by atoms with Crippen molar-refractivity contribution >= 4 is 28.7 Å². The van der Waals surface area contributed by atoms with Crippen LogP contribution < -0.4 is 20.7 Å². The number of fused-ring (bicyclic) bond motifs is 1. The van der Waals surface area contributed by atoms with Crippen LogP contribution in [0.25, 0.3) is 10.9 Å². The monoisotopic (exact) mass is 424 g/mol. The predicted molar refractivity (Wildman–Crippen MR) is 115 cm³/mol. The largest absolute Gasteiger partial charge is 0.378 e. The highest BCUT2D eigenvalue weighted by Crippen LogP contribution is 2.14. The maximum absolute atomic E-state index is 12.6. The van der Waals surface area contributed by atoms with E-state index in [1.54, 1.807) is 23.1 Å². The minimum atomic E-state index is -0.334. The lowest BCUT2D eigenvalue weighted by atomic mass is 10.2. The van der Waals surface area contributed by atoms with Crippen molar-refractivity contribution in [2.24, 2.45) is 0 Å². The molecule has 3 aromatic rings. The highest BCUT2D eigenvalue weighted by Gasteiger charge is 2.17. The zero-order valence-corrected chi connectivity index (χ0v) is 17.5. The summed E-state index contributed by atoms with van der Waals surface area (Å²) in [5, 5.41) is 3.25. The van der Waals surface area contributed by atoms with Gasteiger partial charge < -0.3 is 19.9 Å². The zero-order valence-electron chi connectivity index (χ0n) is 17.5. The Labute approximate surface area is 178 Å². The molecule has 1 aromatic carbocycles. The van der Waals surface area contributed by atoms with Gasteiger partial charge in [0, 0.05) is 27.2 Å². The van der Waals surface area contributed by atoms with Crippen LogP contribution in [0.2, 0.25) is 0 Å². The number of aromatic nitrogens is 5. The Balaban J connectivity index is 1.47. The van der Waals surface area contributed by atoms with Crippen LogP contribution in [-0.4, -0.2) is 70.8 Å². The lowest BCUT2D eigenvalue weighted by Crippen LogP contribution is -2.38. The van der Waals surface area contributed by atoms with E-state index >= 15 is 0 Å². The van der Waals surface area contributed by atoms with Crippen LogP contribution in [0.4, 0.5) is 11.9 Å². The van der Waals surface area contributed by atoms with Gasteiger partial charge in [-0.2, -0.15) is 15.0 Å². The number of nitrogens with one attached hydrogen (secondary N) is 1. The molecule has 11 nitrogen and oxygen atoms in total. The summed E-state index contributed by atoms with van der Waals surface area (Å²) in [6.07, 6.45) is 1.38. The van der Waals surface area contributed by atoms with E-state index in [1.807, 2.05) is 25.1 Å².